The summed E-state index contributed by atoms with van der Waals surface area (Å²) in [5.74, 6) is 1.41. The molecule has 1 aliphatic rings. The molecule has 0 unspecified atom stereocenters. The average Bonchev–Trinajstić information content (AvgIpc) is 3.04. The van der Waals surface area contributed by atoms with Gasteiger partial charge in [-0.1, -0.05) is 18.2 Å². The molecular formula is C22H25N5O2S. The van der Waals surface area contributed by atoms with Crippen LogP contribution in [0, 0.1) is 20.8 Å². The highest BCUT2D eigenvalue weighted by atomic mass is 32.1. The second-order valence-electron chi connectivity index (χ2n) is 7.52. The van der Waals surface area contributed by atoms with Gasteiger partial charge >= 0.3 is 0 Å². The second-order valence-corrected chi connectivity index (χ2v) is 8.38. The van der Waals surface area contributed by atoms with Crippen molar-refractivity contribution < 1.29 is 9.63 Å². The largest absolute Gasteiger partial charge is 0.334 e. The average molecular weight is 424 g/mol. The number of hydroxylamine groups is 1. The smallest absolute Gasteiger partial charge is 0.254 e. The van der Waals surface area contributed by atoms with Gasteiger partial charge in [0.2, 0.25) is 0 Å². The van der Waals surface area contributed by atoms with E-state index < -0.39 is 0 Å². The molecule has 30 heavy (non-hydrogen) atoms. The fourth-order valence-corrected chi connectivity index (χ4v) is 4.44. The summed E-state index contributed by atoms with van der Waals surface area (Å²) >= 11 is 1.56. The number of nitrogens with zero attached hydrogens (tertiary/aromatic N) is 5. The number of amides is 1. The van der Waals surface area contributed by atoms with Gasteiger partial charge in [-0.2, -0.15) is 0 Å². The summed E-state index contributed by atoms with van der Waals surface area (Å²) in [6, 6.07) is 9.57. The molecule has 0 spiro atoms. The first-order chi connectivity index (χ1) is 14.4. The lowest BCUT2D eigenvalue weighted by molar-refractivity contribution is 0.0423. The molecule has 1 amide bonds. The monoisotopic (exact) mass is 423 g/mol. The Morgan fingerprint density at radius 1 is 1.10 bits per heavy atom. The van der Waals surface area contributed by atoms with Crippen molar-refractivity contribution in [2.45, 2.75) is 33.8 Å². The van der Waals surface area contributed by atoms with E-state index in [1.54, 1.807) is 16.4 Å². The molecule has 0 aliphatic carbocycles. The third kappa shape index (κ3) is 4.34. The minimum atomic E-state index is -0.165. The predicted octanol–water partition coefficient (Wildman–Crippen LogP) is 3.81. The van der Waals surface area contributed by atoms with E-state index in [2.05, 4.69) is 15.0 Å². The first-order valence-corrected chi connectivity index (χ1v) is 10.9. The van der Waals surface area contributed by atoms with Crippen LogP contribution in [0.3, 0.4) is 0 Å². The standard InChI is InChI=1S/C22H25N5O2S/c1-14-11-20(25-17(4)23-14)27-10-9-26(12-16(3)29-27)22(28)19-8-6-5-7-18(19)21-24-15(2)13-30-21/h5-8,11,13,16H,9-10,12H2,1-4H3/t16-/m0/s1. The Morgan fingerprint density at radius 3 is 2.63 bits per heavy atom. The Morgan fingerprint density at radius 2 is 1.90 bits per heavy atom. The van der Waals surface area contributed by atoms with Gasteiger partial charge in [-0.15, -0.1) is 11.3 Å². The molecule has 0 N–H and O–H groups in total. The summed E-state index contributed by atoms with van der Waals surface area (Å²) in [4.78, 5) is 34.8. The van der Waals surface area contributed by atoms with Gasteiger partial charge in [0, 0.05) is 47.1 Å². The zero-order valence-electron chi connectivity index (χ0n) is 17.6. The van der Waals surface area contributed by atoms with E-state index in [1.807, 2.05) is 68.3 Å². The summed E-state index contributed by atoms with van der Waals surface area (Å²) in [5, 5.41) is 4.64. The first kappa shape index (κ1) is 20.4. The maximum atomic E-state index is 13.5. The molecule has 1 aliphatic heterocycles. The summed E-state index contributed by atoms with van der Waals surface area (Å²) in [7, 11) is 0. The van der Waals surface area contributed by atoms with Gasteiger partial charge in [-0.25, -0.2) is 20.0 Å². The lowest BCUT2D eigenvalue weighted by Gasteiger charge is -2.22. The summed E-state index contributed by atoms with van der Waals surface area (Å²) in [6.07, 6.45) is -0.165. The number of benzene rings is 1. The molecule has 1 aromatic carbocycles. The van der Waals surface area contributed by atoms with E-state index >= 15 is 0 Å². The van der Waals surface area contributed by atoms with Crippen molar-refractivity contribution in [3.05, 3.63) is 58.5 Å². The number of aryl methyl sites for hydroxylation is 3. The molecule has 0 radical (unpaired) electrons. The molecule has 1 atom stereocenters. The SMILES string of the molecule is Cc1cc(N2CCN(C(=O)c3ccccc3-c3nc(C)cs3)C[C@H](C)O2)nc(C)n1. The third-order valence-corrected chi connectivity index (χ3v) is 5.85. The topological polar surface area (TPSA) is 71.5 Å². The van der Waals surface area contributed by atoms with E-state index in [9.17, 15) is 4.79 Å². The Hall–Kier alpha value is -2.84. The Labute approximate surface area is 180 Å². The van der Waals surface area contributed by atoms with Crippen molar-refractivity contribution in [3.63, 3.8) is 0 Å². The molecule has 7 nitrogen and oxygen atoms in total. The van der Waals surface area contributed by atoms with Gasteiger partial charge < -0.3 is 4.90 Å². The Bertz CT molecular complexity index is 1050. The fraction of sp³-hybridized carbons (Fsp3) is 0.364. The highest BCUT2D eigenvalue weighted by Gasteiger charge is 2.27. The molecule has 3 heterocycles. The molecule has 1 fully saturated rings. The second kappa shape index (κ2) is 8.49. The summed E-state index contributed by atoms with van der Waals surface area (Å²) in [6.45, 7) is 9.31. The molecular weight excluding hydrogens is 398 g/mol. The van der Waals surface area contributed by atoms with Crippen LogP contribution in [0.2, 0.25) is 0 Å². The minimum absolute atomic E-state index is 0.00852. The van der Waals surface area contributed by atoms with Crippen LogP contribution < -0.4 is 5.06 Å². The fourth-order valence-electron chi connectivity index (χ4n) is 3.60. The molecule has 2 aromatic heterocycles. The van der Waals surface area contributed by atoms with E-state index in [1.165, 1.54) is 0 Å². The third-order valence-electron chi connectivity index (χ3n) is 4.86. The quantitative estimate of drug-likeness (QED) is 0.638. The molecule has 3 aromatic rings. The highest BCUT2D eigenvalue weighted by molar-refractivity contribution is 7.13. The number of rotatable bonds is 3. The number of hydrogen-bond donors (Lipinski definition) is 0. The van der Waals surface area contributed by atoms with Crippen LogP contribution >= 0.6 is 11.3 Å². The number of carbonyl (C=O) groups is 1. The number of anilines is 1. The number of thiazole rings is 1. The maximum absolute atomic E-state index is 13.5. The number of hydrogen-bond acceptors (Lipinski definition) is 7. The number of aromatic nitrogens is 3. The van der Waals surface area contributed by atoms with E-state index in [0.29, 0.717) is 31.0 Å². The van der Waals surface area contributed by atoms with Gasteiger partial charge in [-0.3, -0.25) is 9.63 Å². The predicted molar refractivity (Wildman–Crippen MR) is 118 cm³/mol. The normalized spacial score (nSPS) is 17.1. The summed E-state index contributed by atoms with van der Waals surface area (Å²) < 4.78 is 0. The van der Waals surface area contributed by atoms with Crippen molar-refractivity contribution in [2.24, 2.45) is 0 Å². The minimum Gasteiger partial charge on any atom is -0.334 e. The van der Waals surface area contributed by atoms with E-state index in [0.717, 1.165) is 27.8 Å². The van der Waals surface area contributed by atoms with Crippen molar-refractivity contribution >= 4 is 23.1 Å². The zero-order chi connectivity index (χ0) is 21.3. The maximum Gasteiger partial charge on any atom is 0.254 e. The zero-order valence-corrected chi connectivity index (χ0v) is 18.4. The van der Waals surface area contributed by atoms with Crippen molar-refractivity contribution in [1.82, 2.24) is 19.9 Å². The number of carbonyl (C=O) groups excluding carboxylic acids is 1. The molecule has 1 saturated heterocycles. The van der Waals surface area contributed by atoms with Crippen molar-refractivity contribution in [1.29, 1.82) is 0 Å². The van der Waals surface area contributed by atoms with Crippen LogP contribution in [-0.2, 0) is 4.84 Å². The van der Waals surface area contributed by atoms with Gasteiger partial charge in [-0.05, 0) is 33.8 Å². The van der Waals surface area contributed by atoms with Gasteiger partial charge in [0.25, 0.3) is 5.91 Å². The Kier molecular flexibility index (Phi) is 5.78. The Balaban J connectivity index is 1.58. The molecule has 8 heteroatoms. The summed E-state index contributed by atoms with van der Waals surface area (Å²) in [5.41, 5.74) is 3.39. The van der Waals surface area contributed by atoms with Crippen molar-refractivity contribution in [3.8, 4) is 10.6 Å². The molecule has 0 saturated carbocycles. The van der Waals surface area contributed by atoms with Gasteiger partial charge in [0.05, 0.1) is 6.54 Å². The lowest BCUT2D eigenvalue weighted by Crippen LogP contribution is -2.37. The van der Waals surface area contributed by atoms with Gasteiger partial charge in [0.15, 0.2) is 5.82 Å². The molecule has 4 rings (SSSR count). The van der Waals surface area contributed by atoms with E-state index in [-0.39, 0.29) is 12.0 Å². The van der Waals surface area contributed by atoms with Crippen LogP contribution in [0.5, 0.6) is 0 Å². The van der Waals surface area contributed by atoms with Crippen LogP contribution in [-0.4, -0.2) is 51.5 Å². The first-order valence-electron chi connectivity index (χ1n) is 9.98. The van der Waals surface area contributed by atoms with Crippen molar-refractivity contribution in [2.75, 3.05) is 24.7 Å². The van der Waals surface area contributed by atoms with E-state index in [4.69, 9.17) is 4.84 Å². The lowest BCUT2D eigenvalue weighted by atomic mass is 10.1. The molecule has 0 bridgehead atoms. The van der Waals surface area contributed by atoms with Crippen LogP contribution in [0.1, 0.15) is 34.5 Å². The van der Waals surface area contributed by atoms with Crippen LogP contribution in [0.15, 0.2) is 35.7 Å². The van der Waals surface area contributed by atoms with Crippen LogP contribution in [0.4, 0.5) is 5.82 Å². The molecule has 156 valence electrons. The van der Waals surface area contributed by atoms with Crippen LogP contribution in [0.25, 0.3) is 10.6 Å². The highest BCUT2D eigenvalue weighted by Crippen LogP contribution is 2.28. The van der Waals surface area contributed by atoms with Gasteiger partial charge in [0.1, 0.15) is 16.9 Å².